The van der Waals surface area contributed by atoms with Crippen molar-refractivity contribution in [1.82, 2.24) is 15.1 Å². The van der Waals surface area contributed by atoms with E-state index in [0.717, 1.165) is 27.9 Å². The first kappa shape index (κ1) is 26.2. The van der Waals surface area contributed by atoms with Gasteiger partial charge in [0.15, 0.2) is 0 Å². The summed E-state index contributed by atoms with van der Waals surface area (Å²) in [5, 5.41) is 4.16. The second-order valence-corrected chi connectivity index (χ2v) is 10.0. The summed E-state index contributed by atoms with van der Waals surface area (Å²) in [5.74, 6) is 0.716. The maximum atomic E-state index is 11.9. The fourth-order valence-corrected chi connectivity index (χ4v) is 4.11. The molecule has 0 N–H and O–H groups in total. The maximum Gasteiger partial charge on any atom is 0.306 e. The highest BCUT2D eigenvalue weighted by atomic mass is 16.6. The summed E-state index contributed by atoms with van der Waals surface area (Å²) in [6, 6.07) is 18.2. The molecule has 0 aliphatic carbocycles. The Bertz CT molecular complexity index is 1350. The first-order valence-electron chi connectivity index (χ1n) is 12.4. The van der Waals surface area contributed by atoms with Gasteiger partial charge in [-0.1, -0.05) is 35.5 Å². The van der Waals surface area contributed by atoms with Gasteiger partial charge < -0.3 is 14.0 Å². The predicted molar refractivity (Wildman–Crippen MR) is 143 cm³/mol. The van der Waals surface area contributed by atoms with Gasteiger partial charge in [0.1, 0.15) is 5.60 Å². The SMILES string of the molecule is COCc1cc(-c2nc(-c3ccc(CCCC(=O)OC(C)(C)C)nc3)no2)ccc1-c1ccccc1C. The molecule has 7 heteroatoms. The molecular formula is C30H33N3O4. The molecule has 0 aliphatic rings. The monoisotopic (exact) mass is 499 g/mol. The molecule has 37 heavy (non-hydrogen) atoms. The summed E-state index contributed by atoms with van der Waals surface area (Å²) in [4.78, 5) is 21.0. The van der Waals surface area contributed by atoms with Gasteiger partial charge in [0.25, 0.3) is 5.89 Å². The average Bonchev–Trinajstić information content (AvgIpc) is 3.34. The van der Waals surface area contributed by atoms with E-state index >= 15 is 0 Å². The van der Waals surface area contributed by atoms with Crippen molar-refractivity contribution in [1.29, 1.82) is 0 Å². The fraction of sp³-hybridized carbons (Fsp3) is 0.333. The van der Waals surface area contributed by atoms with Crippen LogP contribution < -0.4 is 0 Å². The van der Waals surface area contributed by atoms with Crippen molar-refractivity contribution in [3.8, 4) is 34.0 Å². The number of benzene rings is 2. The number of rotatable bonds is 9. The summed E-state index contributed by atoms with van der Waals surface area (Å²) in [7, 11) is 1.69. The molecular weight excluding hydrogens is 466 g/mol. The summed E-state index contributed by atoms with van der Waals surface area (Å²) < 4.78 is 16.4. The van der Waals surface area contributed by atoms with E-state index in [1.54, 1.807) is 13.3 Å². The summed E-state index contributed by atoms with van der Waals surface area (Å²) >= 11 is 0. The van der Waals surface area contributed by atoms with Crippen LogP contribution in [0.1, 0.15) is 50.4 Å². The number of nitrogens with zero attached hydrogens (tertiary/aromatic N) is 3. The smallest absolute Gasteiger partial charge is 0.306 e. The first-order valence-corrected chi connectivity index (χ1v) is 12.4. The van der Waals surface area contributed by atoms with Crippen LogP contribution in [-0.2, 0) is 27.3 Å². The Morgan fingerprint density at radius 2 is 1.78 bits per heavy atom. The van der Waals surface area contributed by atoms with Gasteiger partial charge in [-0.2, -0.15) is 4.98 Å². The lowest BCUT2D eigenvalue weighted by atomic mass is 9.94. The van der Waals surface area contributed by atoms with Crippen molar-refractivity contribution in [3.05, 3.63) is 77.6 Å². The maximum absolute atomic E-state index is 11.9. The lowest BCUT2D eigenvalue weighted by Gasteiger charge is -2.19. The third-order valence-electron chi connectivity index (χ3n) is 5.83. The van der Waals surface area contributed by atoms with E-state index in [4.69, 9.17) is 14.0 Å². The minimum absolute atomic E-state index is 0.191. The molecule has 0 bridgehead atoms. The summed E-state index contributed by atoms with van der Waals surface area (Å²) in [5.41, 5.74) is 6.56. The molecule has 4 aromatic rings. The van der Waals surface area contributed by atoms with Crippen molar-refractivity contribution >= 4 is 5.97 Å². The molecule has 0 atom stereocenters. The first-order chi connectivity index (χ1) is 17.7. The average molecular weight is 500 g/mol. The number of carbonyl (C=O) groups excluding carboxylic acids is 1. The highest BCUT2D eigenvalue weighted by Crippen LogP contribution is 2.31. The van der Waals surface area contributed by atoms with Gasteiger partial charge in [0.05, 0.1) is 6.61 Å². The predicted octanol–water partition coefficient (Wildman–Crippen LogP) is 6.58. The van der Waals surface area contributed by atoms with Gasteiger partial charge in [0.2, 0.25) is 5.82 Å². The van der Waals surface area contributed by atoms with E-state index in [9.17, 15) is 4.79 Å². The number of esters is 1. The zero-order valence-corrected chi connectivity index (χ0v) is 22.1. The third kappa shape index (κ3) is 6.89. The number of aromatic nitrogens is 3. The molecule has 2 heterocycles. The molecule has 0 amide bonds. The largest absolute Gasteiger partial charge is 0.460 e. The van der Waals surface area contributed by atoms with Gasteiger partial charge in [0, 0.05) is 36.5 Å². The Kier molecular flexibility index (Phi) is 8.14. The van der Waals surface area contributed by atoms with Crippen LogP contribution in [0.5, 0.6) is 0 Å². The normalized spacial score (nSPS) is 11.5. The molecule has 0 saturated heterocycles. The standard InChI is InChI=1S/C30H33N3O4/c1-20-9-6-7-11-25(20)26-16-14-21(17-23(26)19-35-5)29-32-28(33-37-29)22-13-15-24(31-18-22)10-8-12-27(34)36-30(2,3)4/h6-7,9,11,13-18H,8,10,12,19H2,1-5H3. The van der Waals surface area contributed by atoms with E-state index in [1.165, 1.54) is 11.1 Å². The van der Waals surface area contributed by atoms with Crippen LogP contribution in [0.3, 0.4) is 0 Å². The lowest BCUT2D eigenvalue weighted by molar-refractivity contribution is -0.154. The molecule has 0 spiro atoms. The topological polar surface area (TPSA) is 87.3 Å². The van der Waals surface area contributed by atoms with Gasteiger partial charge in [-0.05, 0) is 87.1 Å². The highest BCUT2D eigenvalue weighted by molar-refractivity contribution is 5.74. The number of hydrogen-bond donors (Lipinski definition) is 0. The van der Waals surface area contributed by atoms with Gasteiger partial charge in [-0.3, -0.25) is 9.78 Å². The highest BCUT2D eigenvalue weighted by Gasteiger charge is 2.17. The number of carbonyl (C=O) groups is 1. The van der Waals surface area contributed by atoms with Crippen LogP contribution in [0.25, 0.3) is 34.0 Å². The Labute approximate surface area is 217 Å². The minimum Gasteiger partial charge on any atom is -0.460 e. The van der Waals surface area contributed by atoms with Crippen LogP contribution in [-0.4, -0.2) is 33.8 Å². The molecule has 2 aromatic heterocycles. The van der Waals surface area contributed by atoms with Crippen LogP contribution in [0.15, 0.2) is 65.3 Å². The molecule has 0 aliphatic heterocycles. The van der Waals surface area contributed by atoms with Gasteiger partial charge >= 0.3 is 5.97 Å². The zero-order valence-electron chi connectivity index (χ0n) is 22.1. The molecule has 2 aromatic carbocycles. The van der Waals surface area contributed by atoms with Crippen LogP contribution >= 0.6 is 0 Å². The van der Waals surface area contributed by atoms with Crippen molar-refractivity contribution in [2.45, 2.75) is 59.2 Å². The number of pyridine rings is 1. The van der Waals surface area contributed by atoms with E-state index in [1.807, 2.05) is 57.2 Å². The molecule has 7 nitrogen and oxygen atoms in total. The second kappa shape index (κ2) is 11.5. The summed E-state index contributed by atoms with van der Waals surface area (Å²) in [6.45, 7) is 8.18. The number of ether oxygens (including phenoxy) is 2. The van der Waals surface area contributed by atoms with E-state index in [-0.39, 0.29) is 5.97 Å². The minimum atomic E-state index is -0.464. The molecule has 0 unspecified atom stereocenters. The van der Waals surface area contributed by atoms with Crippen LogP contribution in [0.2, 0.25) is 0 Å². The zero-order chi connectivity index (χ0) is 26.4. The van der Waals surface area contributed by atoms with E-state index in [2.05, 4.69) is 40.2 Å². The van der Waals surface area contributed by atoms with E-state index in [0.29, 0.717) is 37.6 Å². The number of methoxy groups -OCH3 is 1. The molecule has 192 valence electrons. The Hall–Kier alpha value is -3.84. The van der Waals surface area contributed by atoms with E-state index < -0.39 is 5.60 Å². The molecule has 0 radical (unpaired) electrons. The Morgan fingerprint density at radius 3 is 2.49 bits per heavy atom. The molecule has 0 fully saturated rings. The quantitative estimate of drug-likeness (QED) is 0.240. The second-order valence-electron chi connectivity index (χ2n) is 10.0. The van der Waals surface area contributed by atoms with Crippen molar-refractivity contribution in [2.75, 3.05) is 7.11 Å². The molecule has 0 saturated carbocycles. The summed E-state index contributed by atoms with van der Waals surface area (Å²) in [6.07, 6.45) is 3.46. The fourth-order valence-electron chi connectivity index (χ4n) is 4.11. The number of hydrogen-bond acceptors (Lipinski definition) is 7. The van der Waals surface area contributed by atoms with Gasteiger partial charge in [-0.25, -0.2) is 0 Å². The van der Waals surface area contributed by atoms with Crippen LogP contribution in [0, 0.1) is 6.92 Å². The number of aryl methyl sites for hydroxylation is 2. The Morgan fingerprint density at radius 1 is 1.00 bits per heavy atom. The van der Waals surface area contributed by atoms with Crippen molar-refractivity contribution < 1.29 is 18.8 Å². The van der Waals surface area contributed by atoms with Crippen LogP contribution in [0.4, 0.5) is 0 Å². The molecule has 4 rings (SSSR count). The van der Waals surface area contributed by atoms with Crippen molar-refractivity contribution in [3.63, 3.8) is 0 Å². The van der Waals surface area contributed by atoms with Gasteiger partial charge in [-0.15, -0.1) is 0 Å². The Balaban J connectivity index is 1.45. The third-order valence-corrected chi connectivity index (χ3v) is 5.83. The lowest BCUT2D eigenvalue weighted by Crippen LogP contribution is -2.23. The van der Waals surface area contributed by atoms with Crippen molar-refractivity contribution in [2.24, 2.45) is 0 Å².